The summed E-state index contributed by atoms with van der Waals surface area (Å²) in [6.07, 6.45) is 0.118. The van der Waals surface area contributed by atoms with Gasteiger partial charge in [0.25, 0.3) is 0 Å². The van der Waals surface area contributed by atoms with Gasteiger partial charge in [-0.15, -0.1) is 0 Å². The number of nitrogens with zero attached hydrogens (tertiary/aromatic N) is 1. The van der Waals surface area contributed by atoms with Gasteiger partial charge in [0.1, 0.15) is 11.9 Å². The molecule has 6 heteroatoms. The number of halogens is 1. The van der Waals surface area contributed by atoms with Crippen LogP contribution in [0.3, 0.4) is 0 Å². The summed E-state index contributed by atoms with van der Waals surface area (Å²) >= 11 is 0. The fourth-order valence-electron chi connectivity index (χ4n) is 2.09. The van der Waals surface area contributed by atoms with Crippen molar-refractivity contribution in [3.05, 3.63) is 35.6 Å². The normalized spacial score (nSPS) is 12.2. The molecule has 0 bridgehead atoms. The van der Waals surface area contributed by atoms with Gasteiger partial charge in [-0.2, -0.15) is 0 Å². The molecular weight excluding hydrogens is 277 g/mol. The lowest BCUT2D eigenvalue weighted by Crippen LogP contribution is -2.35. The smallest absolute Gasteiger partial charge is 0.325 e. The molecule has 0 aliphatic heterocycles. The molecule has 116 valence electrons. The SMILES string of the molecule is CCOC(=O)CCN(CC)C(C(=O)O)c1ccc(F)cc1. The van der Waals surface area contributed by atoms with Crippen LogP contribution in [-0.2, 0) is 14.3 Å². The van der Waals surface area contributed by atoms with Crippen molar-refractivity contribution in [2.75, 3.05) is 19.7 Å². The molecule has 0 fully saturated rings. The van der Waals surface area contributed by atoms with E-state index in [2.05, 4.69) is 0 Å². The number of carbonyl (C=O) groups is 2. The van der Waals surface area contributed by atoms with Gasteiger partial charge in [0.05, 0.1) is 13.0 Å². The van der Waals surface area contributed by atoms with Gasteiger partial charge in [-0.05, 0) is 31.2 Å². The van der Waals surface area contributed by atoms with E-state index in [0.717, 1.165) is 0 Å². The van der Waals surface area contributed by atoms with E-state index in [9.17, 15) is 19.1 Å². The van der Waals surface area contributed by atoms with Crippen molar-refractivity contribution >= 4 is 11.9 Å². The Balaban J connectivity index is 2.83. The average molecular weight is 297 g/mol. The third kappa shape index (κ3) is 5.15. The summed E-state index contributed by atoms with van der Waals surface area (Å²) < 4.78 is 17.8. The predicted octanol–water partition coefficient (Wildman–Crippen LogP) is 2.23. The Hall–Kier alpha value is -1.95. The molecule has 0 aromatic heterocycles. The van der Waals surface area contributed by atoms with Crippen LogP contribution in [0.15, 0.2) is 24.3 Å². The standard InChI is InChI=1S/C15H20FNO4/c1-3-17(10-9-13(18)21-4-2)14(15(19)20)11-5-7-12(16)8-6-11/h5-8,14H,3-4,9-10H2,1-2H3,(H,19,20). The first kappa shape index (κ1) is 17.1. The van der Waals surface area contributed by atoms with Crippen LogP contribution in [-0.4, -0.2) is 41.6 Å². The van der Waals surface area contributed by atoms with Gasteiger partial charge in [-0.1, -0.05) is 19.1 Å². The quantitative estimate of drug-likeness (QED) is 0.745. The van der Waals surface area contributed by atoms with Crippen LogP contribution in [0.5, 0.6) is 0 Å². The second-order valence-electron chi connectivity index (χ2n) is 4.48. The molecule has 0 aliphatic rings. The Morgan fingerprint density at radius 1 is 1.29 bits per heavy atom. The van der Waals surface area contributed by atoms with Gasteiger partial charge < -0.3 is 9.84 Å². The summed E-state index contributed by atoms with van der Waals surface area (Å²) in [5.41, 5.74) is 0.481. The van der Waals surface area contributed by atoms with Crippen LogP contribution >= 0.6 is 0 Å². The Morgan fingerprint density at radius 3 is 2.38 bits per heavy atom. The first-order chi connectivity index (χ1) is 9.99. The van der Waals surface area contributed by atoms with E-state index >= 15 is 0 Å². The van der Waals surface area contributed by atoms with Crippen molar-refractivity contribution < 1.29 is 23.8 Å². The van der Waals surface area contributed by atoms with E-state index in [1.807, 2.05) is 6.92 Å². The Morgan fingerprint density at radius 2 is 1.90 bits per heavy atom. The van der Waals surface area contributed by atoms with Gasteiger partial charge in [0.2, 0.25) is 0 Å². The largest absolute Gasteiger partial charge is 0.480 e. The highest BCUT2D eigenvalue weighted by Crippen LogP contribution is 2.21. The first-order valence-electron chi connectivity index (χ1n) is 6.87. The molecular formula is C15H20FNO4. The van der Waals surface area contributed by atoms with Gasteiger partial charge in [0, 0.05) is 6.54 Å². The number of rotatable bonds is 8. The summed E-state index contributed by atoms with van der Waals surface area (Å²) in [5, 5.41) is 9.41. The second kappa shape index (κ2) is 8.36. The number of likely N-dealkylation sites (N-methyl/N-ethyl adjacent to an activating group) is 1. The van der Waals surface area contributed by atoms with Crippen LogP contribution in [0.25, 0.3) is 0 Å². The van der Waals surface area contributed by atoms with Crippen LogP contribution < -0.4 is 0 Å². The lowest BCUT2D eigenvalue weighted by Gasteiger charge is -2.27. The number of hydrogen-bond acceptors (Lipinski definition) is 4. The zero-order valence-corrected chi connectivity index (χ0v) is 12.2. The summed E-state index contributed by atoms with van der Waals surface area (Å²) in [6, 6.07) is 4.43. The van der Waals surface area contributed by atoms with Gasteiger partial charge >= 0.3 is 11.9 Å². The fourth-order valence-corrected chi connectivity index (χ4v) is 2.09. The highest BCUT2D eigenvalue weighted by atomic mass is 19.1. The Kier molecular flexibility index (Phi) is 6.81. The summed E-state index contributed by atoms with van der Waals surface area (Å²) in [7, 11) is 0. The number of esters is 1. The second-order valence-corrected chi connectivity index (χ2v) is 4.48. The highest BCUT2D eigenvalue weighted by Gasteiger charge is 2.26. The zero-order valence-electron chi connectivity index (χ0n) is 12.2. The predicted molar refractivity (Wildman–Crippen MR) is 75.3 cm³/mol. The van der Waals surface area contributed by atoms with E-state index in [1.54, 1.807) is 11.8 Å². The first-order valence-corrected chi connectivity index (χ1v) is 6.87. The maximum absolute atomic E-state index is 13.0. The Labute approximate surface area is 123 Å². The molecule has 1 atom stereocenters. The molecule has 21 heavy (non-hydrogen) atoms. The third-order valence-electron chi connectivity index (χ3n) is 3.10. The van der Waals surface area contributed by atoms with Crippen LogP contribution in [0, 0.1) is 5.82 Å². The van der Waals surface area contributed by atoms with E-state index < -0.39 is 17.8 Å². The summed E-state index contributed by atoms with van der Waals surface area (Å²) in [6.45, 7) is 4.54. The van der Waals surface area contributed by atoms with Gasteiger partial charge in [-0.3, -0.25) is 14.5 Å². The van der Waals surface area contributed by atoms with Gasteiger partial charge in [0.15, 0.2) is 0 Å². The molecule has 1 aromatic carbocycles. The van der Waals surface area contributed by atoms with Crippen molar-refractivity contribution in [2.45, 2.75) is 26.3 Å². The number of ether oxygens (including phenoxy) is 1. The third-order valence-corrected chi connectivity index (χ3v) is 3.10. The van der Waals surface area contributed by atoms with E-state index in [1.165, 1.54) is 24.3 Å². The molecule has 0 radical (unpaired) electrons. The number of carboxylic acid groups (broad SMARTS) is 1. The van der Waals surface area contributed by atoms with Crippen LogP contribution in [0.2, 0.25) is 0 Å². The molecule has 0 heterocycles. The van der Waals surface area contributed by atoms with E-state index in [0.29, 0.717) is 18.7 Å². The molecule has 1 aromatic rings. The van der Waals surface area contributed by atoms with Gasteiger partial charge in [-0.25, -0.2) is 4.39 Å². The lowest BCUT2D eigenvalue weighted by molar-refractivity contribution is -0.147. The molecule has 0 aliphatic carbocycles. The fraction of sp³-hybridized carbons (Fsp3) is 0.467. The lowest BCUT2D eigenvalue weighted by atomic mass is 10.0. The minimum Gasteiger partial charge on any atom is -0.480 e. The van der Waals surface area contributed by atoms with E-state index in [4.69, 9.17) is 4.74 Å². The zero-order chi connectivity index (χ0) is 15.8. The van der Waals surface area contributed by atoms with Crippen molar-refractivity contribution in [2.24, 2.45) is 0 Å². The molecule has 1 unspecified atom stereocenters. The van der Waals surface area contributed by atoms with Crippen LogP contribution in [0.1, 0.15) is 31.9 Å². The molecule has 0 amide bonds. The monoisotopic (exact) mass is 297 g/mol. The number of benzene rings is 1. The topological polar surface area (TPSA) is 66.8 Å². The maximum Gasteiger partial charge on any atom is 0.325 e. The summed E-state index contributed by atoms with van der Waals surface area (Å²) in [5.74, 6) is -1.82. The van der Waals surface area contributed by atoms with Crippen molar-refractivity contribution in [1.29, 1.82) is 0 Å². The number of carbonyl (C=O) groups excluding carboxylic acids is 1. The highest BCUT2D eigenvalue weighted by molar-refractivity contribution is 5.75. The number of carboxylic acids is 1. The average Bonchev–Trinajstić information content (AvgIpc) is 2.44. The molecule has 5 nitrogen and oxygen atoms in total. The van der Waals surface area contributed by atoms with Crippen molar-refractivity contribution in [1.82, 2.24) is 4.90 Å². The molecule has 0 saturated carbocycles. The molecule has 1 rings (SSSR count). The summed E-state index contributed by atoms with van der Waals surface area (Å²) in [4.78, 5) is 24.5. The molecule has 0 spiro atoms. The molecule has 1 N–H and O–H groups in total. The number of aliphatic carboxylic acids is 1. The Bertz CT molecular complexity index is 475. The molecule has 0 saturated heterocycles. The van der Waals surface area contributed by atoms with Crippen molar-refractivity contribution in [3.8, 4) is 0 Å². The minimum absolute atomic E-state index is 0.118. The van der Waals surface area contributed by atoms with Crippen LogP contribution in [0.4, 0.5) is 4.39 Å². The number of hydrogen-bond donors (Lipinski definition) is 1. The van der Waals surface area contributed by atoms with E-state index in [-0.39, 0.29) is 18.9 Å². The minimum atomic E-state index is -1.03. The maximum atomic E-state index is 13.0. The van der Waals surface area contributed by atoms with Crippen molar-refractivity contribution in [3.63, 3.8) is 0 Å².